The summed E-state index contributed by atoms with van der Waals surface area (Å²) in [6, 6.07) is 4.61. The Bertz CT molecular complexity index is 518. The maximum Gasteiger partial charge on any atom is 0.336 e. The van der Waals surface area contributed by atoms with Crippen molar-refractivity contribution in [3.8, 4) is 0 Å². The number of halogens is 1. The van der Waals surface area contributed by atoms with E-state index in [9.17, 15) is 4.79 Å². The summed E-state index contributed by atoms with van der Waals surface area (Å²) in [6.45, 7) is 1.79. The first-order valence-corrected chi connectivity index (χ1v) is 4.11. The molecular formula is C9H6ClNO2. The number of aromatic nitrogens is 1. The summed E-state index contributed by atoms with van der Waals surface area (Å²) in [4.78, 5) is 14.9. The van der Waals surface area contributed by atoms with Gasteiger partial charge in [-0.25, -0.2) is 9.78 Å². The van der Waals surface area contributed by atoms with Crippen molar-refractivity contribution in [3.63, 3.8) is 0 Å². The van der Waals surface area contributed by atoms with Gasteiger partial charge >= 0.3 is 5.63 Å². The number of aryl methyl sites for hydroxylation is 1. The Morgan fingerprint density at radius 2 is 2.23 bits per heavy atom. The maximum atomic E-state index is 10.9. The van der Waals surface area contributed by atoms with Gasteiger partial charge in [-0.2, -0.15) is 0 Å². The molecule has 0 aliphatic rings. The fourth-order valence-electron chi connectivity index (χ4n) is 1.15. The second-order valence-corrected chi connectivity index (χ2v) is 3.08. The molecule has 66 valence electrons. The second-order valence-electron chi connectivity index (χ2n) is 2.72. The smallest absolute Gasteiger partial charge is 0.336 e. The molecule has 0 spiro atoms. The van der Waals surface area contributed by atoms with Crippen molar-refractivity contribution < 1.29 is 4.42 Å². The molecule has 0 atom stereocenters. The highest BCUT2D eigenvalue weighted by Crippen LogP contribution is 2.20. The van der Waals surface area contributed by atoms with Crippen molar-refractivity contribution in [2.24, 2.45) is 0 Å². The van der Waals surface area contributed by atoms with Gasteiger partial charge in [-0.1, -0.05) is 11.6 Å². The number of hydrogen-bond acceptors (Lipinski definition) is 3. The summed E-state index contributed by atoms with van der Waals surface area (Å²) >= 11 is 5.84. The van der Waals surface area contributed by atoms with E-state index in [1.165, 1.54) is 6.07 Å². The molecule has 0 aromatic carbocycles. The fraction of sp³-hybridized carbons (Fsp3) is 0.111. The van der Waals surface area contributed by atoms with Gasteiger partial charge in [0.05, 0.1) is 5.39 Å². The quantitative estimate of drug-likeness (QED) is 0.605. The lowest BCUT2D eigenvalue weighted by atomic mass is 10.3. The van der Waals surface area contributed by atoms with Crippen molar-refractivity contribution in [2.45, 2.75) is 6.92 Å². The molecule has 2 aromatic rings. The maximum absolute atomic E-state index is 10.9. The standard InChI is InChI=1S/C9H6ClNO2/c1-5-4-7-6(9(10)11-5)2-3-8(12)13-7/h2-4H,1H3. The Morgan fingerprint density at radius 3 is 3.00 bits per heavy atom. The topological polar surface area (TPSA) is 43.1 Å². The second kappa shape index (κ2) is 2.85. The van der Waals surface area contributed by atoms with Crippen LogP contribution in [0.3, 0.4) is 0 Å². The minimum absolute atomic E-state index is 0.360. The number of pyridine rings is 1. The highest BCUT2D eigenvalue weighted by Gasteiger charge is 2.03. The number of hydrogen-bond donors (Lipinski definition) is 0. The zero-order valence-electron chi connectivity index (χ0n) is 6.87. The average Bonchev–Trinajstić information content (AvgIpc) is 2.02. The van der Waals surface area contributed by atoms with E-state index >= 15 is 0 Å². The lowest BCUT2D eigenvalue weighted by molar-refractivity contribution is 0.560. The molecule has 13 heavy (non-hydrogen) atoms. The molecule has 0 fully saturated rings. The predicted octanol–water partition coefficient (Wildman–Crippen LogP) is 2.15. The number of fused-ring (bicyclic) bond motifs is 1. The van der Waals surface area contributed by atoms with Gasteiger partial charge in [-0.15, -0.1) is 0 Å². The molecule has 4 heteroatoms. The molecule has 0 saturated heterocycles. The first kappa shape index (κ1) is 8.26. The molecule has 0 bridgehead atoms. The molecular weight excluding hydrogens is 190 g/mol. The first-order valence-electron chi connectivity index (χ1n) is 3.74. The monoisotopic (exact) mass is 195 g/mol. The van der Waals surface area contributed by atoms with Crippen LogP contribution in [0.4, 0.5) is 0 Å². The third-order valence-electron chi connectivity index (χ3n) is 1.70. The van der Waals surface area contributed by atoms with Crippen molar-refractivity contribution in [1.82, 2.24) is 4.98 Å². The van der Waals surface area contributed by atoms with E-state index < -0.39 is 0 Å². The Hall–Kier alpha value is -1.35. The van der Waals surface area contributed by atoms with Gasteiger partial charge < -0.3 is 4.42 Å². The molecule has 0 radical (unpaired) electrons. The zero-order valence-corrected chi connectivity index (χ0v) is 7.63. The Balaban J connectivity index is 2.94. The molecule has 0 aliphatic carbocycles. The van der Waals surface area contributed by atoms with E-state index in [2.05, 4.69) is 4.98 Å². The van der Waals surface area contributed by atoms with Gasteiger partial charge in [0.25, 0.3) is 0 Å². The molecule has 2 heterocycles. The van der Waals surface area contributed by atoms with Crippen LogP contribution < -0.4 is 5.63 Å². The van der Waals surface area contributed by atoms with Crippen LogP contribution in [0.25, 0.3) is 11.0 Å². The lowest BCUT2D eigenvalue weighted by Crippen LogP contribution is -1.95. The third kappa shape index (κ3) is 1.42. The molecule has 0 aliphatic heterocycles. The predicted molar refractivity (Wildman–Crippen MR) is 50.0 cm³/mol. The van der Waals surface area contributed by atoms with Gasteiger partial charge in [-0.3, -0.25) is 0 Å². The van der Waals surface area contributed by atoms with Crippen LogP contribution in [0.5, 0.6) is 0 Å². The van der Waals surface area contributed by atoms with Crippen molar-refractivity contribution >= 4 is 22.6 Å². The molecule has 0 N–H and O–H groups in total. The van der Waals surface area contributed by atoms with E-state index in [1.807, 2.05) is 0 Å². The van der Waals surface area contributed by atoms with Gasteiger partial charge in [0, 0.05) is 17.8 Å². The van der Waals surface area contributed by atoms with Crippen LogP contribution in [0.15, 0.2) is 27.4 Å². The van der Waals surface area contributed by atoms with Crippen molar-refractivity contribution in [3.05, 3.63) is 39.5 Å². The van der Waals surface area contributed by atoms with Crippen molar-refractivity contribution in [2.75, 3.05) is 0 Å². The molecule has 0 amide bonds. The minimum Gasteiger partial charge on any atom is -0.423 e. The Morgan fingerprint density at radius 1 is 1.46 bits per heavy atom. The zero-order chi connectivity index (χ0) is 9.42. The summed E-state index contributed by atoms with van der Waals surface area (Å²) in [7, 11) is 0. The highest BCUT2D eigenvalue weighted by molar-refractivity contribution is 6.34. The van der Waals surface area contributed by atoms with Crippen LogP contribution in [0, 0.1) is 6.92 Å². The fourth-order valence-corrected chi connectivity index (χ4v) is 1.44. The SMILES string of the molecule is Cc1cc2oc(=O)ccc2c(Cl)n1. The largest absolute Gasteiger partial charge is 0.423 e. The molecule has 2 aromatic heterocycles. The van der Waals surface area contributed by atoms with Gasteiger partial charge in [-0.05, 0) is 13.0 Å². The molecule has 0 saturated carbocycles. The van der Waals surface area contributed by atoms with Crippen LogP contribution in [0.1, 0.15) is 5.69 Å². The van der Waals surface area contributed by atoms with E-state index in [-0.39, 0.29) is 5.63 Å². The summed E-state index contributed by atoms with van der Waals surface area (Å²) in [6.07, 6.45) is 0. The Labute approximate surface area is 79.0 Å². The molecule has 0 unspecified atom stereocenters. The van der Waals surface area contributed by atoms with E-state index in [0.717, 1.165) is 5.69 Å². The van der Waals surface area contributed by atoms with Crippen LogP contribution in [-0.2, 0) is 0 Å². The molecule has 2 rings (SSSR count). The lowest BCUT2D eigenvalue weighted by Gasteiger charge is -1.98. The summed E-state index contributed by atoms with van der Waals surface area (Å²) in [5, 5.41) is 1.02. The number of nitrogens with zero attached hydrogens (tertiary/aromatic N) is 1. The van der Waals surface area contributed by atoms with E-state index in [4.69, 9.17) is 16.0 Å². The normalized spacial score (nSPS) is 10.6. The van der Waals surface area contributed by atoms with Gasteiger partial charge in [0.15, 0.2) is 0 Å². The average molecular weight is 196 g/mol. The number of rotatable bonds is 0. The van der Waals surface area contributed by atoms with Crippen LogP contribution in [-0.4, -0.2) is 4.98 Å². The first-order chi connectivity index (χ1) is 6.16. The molecule has 3 nitrogen and oxygen atoms in total. The van der Waals surface area contributed by atoms with Gasteiger partial charge in [0.2, 0.25) is 0 Å². The van der Waals surface area contributed by atoms with E-state index in [0.29, 0.717) is 16.1 Å². The van der Waals surface area contributed by atoms with Gasteiger partial charge in [0.1, 0.15) is 10.7 Å². The van der Waals surface area contributed by atoms with E-state index in [1.54, 1.807) is 19.1 Å². The minimum atomic E-state index is -0.380. The van der Waals surface area contributed by atoms with Crippen LogP contribution in [0.2, 0.25) is 5.15 Å². The summed E-state index contributed by atoms with van der Waals surface area (Å²) < 4.78 is 4.94. The highest BCUT2D eigenvalue weighted by atomic mass is 35.5. The van der Waals surface area contributed by atoms with Crippen LogP contribution >= 0.6 is 11.6 Å². The van der Waals surface area contributed by atoms with Crippen molar-refractivity contribution in [1.29, 1.82) is 0 Å². The summed E-state index contributed by atoms with van der Waals surface area (Å²) in [5.74, 6) is 0. The third-order valence-corrected chi connectivity index (χ3v) is 1.99. The summed E-state index contributed by atoms with van der Waals surface area (Å²) in [5.41, 5.74) is 0.825. The Kier molecular flexibility index (Phi) is 1.81.